The SMILES string of the molecule is CC(C)OCCNCCNC(=O)OC(C)(C)C. The van der Waals surface area contributed by atoms with Crippen LogP contribution in [0.25, 0.3) is 0 Å². The molecule has 0 aromatic carbocycles. The Morgan fingerprint density at radius 3 is 2.35 bits per heavy atom. The molecule has 2 N–H and O–H groups in total. The summed E-state index contributed by atoms with van der Waals surface area (Å²) in [6.07, 6.45) is -0.116. The molecule has 0 bridgehead atoms. The van der Waals surface area contributed by atoms with Crippen molar-refractivity contribution in [1.29, 1.82) is 0 Å². The fourth-order valence-electron chi connectivity index (χ4n) is 1.06. The number of nitrogens with one attached hydrogen (secondary N) is 2. The van der Waals surface area contributed by atoms with Gasteiger partial charge >= 0.3 is 6.09 Å². The van der Waals surface area contributed by atoms with Gasteiger partial charge in [-0.15, -0.1) is 0 Å². The van der Waals surface area contributed by atoms with Crippen molar-refractivity contribution in [3.8, 4) is 0 Å². The van der Waals surface area contributed by atoms with E-state index in [0.29, 0.717) is 19.7 Å². The lowest BCUT2D eigenvalue weighted by Gasteiger charge is -2.19. The first kappa shape index (κ1) is 16.2. The van der Waals surface area contributed by atoms with Gasteiger partial charge in [0.05, 0.1) is 12.7 Å². The van der Waals surface area contributed by atoms with Crippen LogP contribution in [-0.4, -0.2) is 44.0 Å². The summed E-state index contributed by atoms with van der Waals surface area (Å²) < 4.78 is 10.5. The topological polar surface area (TPSA) is 59.6 Å². The minimum Gasteiger partial charge on any atom is -0.444 e. The minimum atomic E-state index is -0.442. The number of carbonyl (C=O) groups is 1. The van der Waals surface area contributed by atoms with Gasteiger partial charge in [0.1, 0.15) is 5.60 Å². The molecule has 102 valence electrons. The van der Waals surface area contributed by atoms with E-state index in [-0.39, 0.29) is 12.2 Å². The summed E-state index contributed by atoms with van der Waals surface area (Å²) in [7, 11) is 0. The Bertz CT molecular complexity index is 212. The Balaban J connectivity index is 3.31. The van der Waals surface area contributed by atoms with Crippen LogP contribution < -0.4 is 10.6 Å². The van der Waals surface area contributed by atoms with E-state index < -0.39 is 5.60 Å². The molecule has 0 fully saturated rings. The molecule has 0 saturated carbocycles. The lowest BCUT2D eigenvalue weighted by molar-refractivity contribution is 0.0527. The molecular weight excluding hydrogens is 220 g/mol. The van der Waals surface area contributed by atoms with Crippen LogP contribution in [0.2, 0.25) is 0 Å². The van der Waals surface area contributed by atoms with Crippen LogP contribution in [0.3, 0.4) is 0 Å². The number of carbonyl (C=O) groups excluding carboxylic acids is 1. The van der Waals surface area contributed by atoms with Crippen LogP contribution >= 0.6 is 0 Å². The number of hydrogen-bond donors (Lipinski definition) is 2. The van der Waals surface area contributed by atoms with E-state index >= 15 is 0 Å². The van der Waals surface area contributed by atoms with Crippen molar-refractivity contribution in [3.05, 3.63) is 0 Å². The highest BCUT2D eigenvalue weighted by Gasteiger charge is 2.15. The molecule has 0 saturated heterocycles. The Morgan fingerprint density at radius 2 is 1.82 bits per heavy atom. The highest BCUT2D eigenvalue weighted by Crippen LogP contribution is 2.05. The lowest BCUT2D eigenvalue weighted by Crippen LogP contribution is -2.37. The molecule has 0 radical (unpaired) electrons. The van der Waals surface area contributed by atoms with E-state index in [1.54, 1.807) is 0 Å². The largest absolute Gasteiger partial charge is 0.444 e. The summed E-state index contributed by atoms with van der Waals surface area (Å²) >= 11 is 0. The zero-order valence-corrected chi connectivity index (χ0v) is 11.6. The third-order valence-electron chi connectivity index (χ3n) is 1.70. The van der Waals surface area contributed by atoms with Gasteiger partial charge in [-0.3, -0.25) is 0 Å². The van der Waals surface area contributed by atoms with Crippen molar-refractivity contribution in [2.45, 2.75) is 46.3 Å². The smallest absolute Gasteiger partial charge is 0.407 e. The second-order valence-electron chi connectivity index (χ2n) is 5.10. The number of ether oxygens (including phenoxy) is 2. The first-order valence-electron chi connectivity index (χ1n) is 6.10. The molecule has 0 aliphatic heterocycles. The molecule has 17 heavy (non-hydrogen) atoms. The summed E-state index contributed by atoms with van der Waals surface area (Å²) in [4.78, 5) is 11.3. The molecule has 0 aromatic rings. The van der Waals surface area contributed by atoms with E-state index in [1.165, 1.54) is 0 Å². The zero-order chi connectivity index (χ0) is 13.3. The lowest BCUT2D eigenvalue weighted by atomic mass is 10.2. The Hall–Kier alpha value is -0.810. The normalized spacial score (nSPS) is 11.6. The third kappa shape index (κ3) is 13.1. The van der Waals surface area contributed by atoms with Gasteiger partial charge in [-0.1, -0.05) is 0 Å². The van der Waals surface area contributed by atoms with Crippen molar-refractivity contribution in [2.24, 2.45) is 0 Å². The quantitative estimate of drug-likeness (QED) is 0.669. The minimum absolute atomic E-state index is 0.261. The van der Waals surface area contributed by atoms with Gasteiger partial charge in [-0.2, -0.15) is 0 Å². The van der Waals surface area contributed by atoms with Gasteiger partial charge in [0.2, 0.25) is 0 Å². The molecular formula is C12H26N2O3. The predicted octanol–water partition coefficient (Wildman–Crippen LogP) is 1.53. The van der Waals surface area contributed by atoms with Gasteiger partial charge in [-0.05, 0) is 34.6 Å². The van der Waals surface area contributed by atoms with Gasteiger partial charge in [-0.25, -0.2) is 4.79 Å². The fraction of sp³-hybridized carbons (Fsp3) is 0.917. The van der Waals surface area contributed by atoms with Crippen molar-refractivity contribution >= 4 is 6.09 Å². The molecule has 0 spiro atoms. The third-order valence-corrected chi connectivity index (χ3v) is 1.70. The van der Waals surface area contributed by atoms with Crippen molar-refractivity contribution in [1.82, 2.24) is 10.6 Å². The second-order valence-corrected chi connectivity index (χ2v) is 5.10. The molecule has 0 unspecified atom stereocenters. The monoisotopic (exact) mass is 246 g/mol. The van der Waals surface area contributed by atoms with Gasteiger partial charge in [0, 0.05) is 19.6 Å². The van der Waals surface area contributed by atoms with Crippen LogP contribution in [0.1, 0.15) is 34.6 Å². The van der Waals surface area contributed by atoms with Crippen LogP contribution in [-0.2, 0) is 9.47 Å². The van der Waals surface area contributed by atoms with Crippen LogP contribution in [0.5, 0.6) is 0 Å². The second kappa shape index (κ2) is 8.31. The average Bonchev–Trinajstić information content (AvgIpc) is 2.12. The van der Waals surface area contributed by atoms with Crippen molar-refractivity contribution < 1.29 is 14.3 Å². The van der Waals surface area contributed by atoms with Crippen LogP contribution in [0.15, 0.2) is 0 Å². The zero-order valence-electron chi connectivity index (χ0n) is 11.6. The van der Waals surface area contributed by atoms with E-state index in [0.717, 1.165) is 6.54 Å². The molecule has 0 atom stereocenters. The van der Waals surface area contributed by atoms with Crippen molar-refractivity contribution in [3.63, 3.8) is 0 Å². The highest BCUT2D eigenvalue weighted by molar-refractivity contribution is 5.67. The van der Waals surface area contributed by atoms with E-state index in [2.05, 4.69) is 10.6 Å². The maximum Gasteiger partial charge on any atom is 0.407 e. The fourth-order valence-corrected chi connectivity index (χ4v) is 1.06. The van der Waals surface area contributed by atoms with Crippen LogP contribution in [0.4, 0.5) is 4.79 Å². The number of amides is 1. The molecule has 5 nitrogen and oxygen atoms in total. The Morgan fingerprint density at radius 1 is 1.18 bits per heavy atom. The summed E-state index contributed by atoms with van der Waals surface area (Å²) in [6, 6.07) is 0. The molecule has 0 aliphatic rings. The molecule has 0 heterocycles. The number of alkyl carbamates (subject to hydrolysis) is 1. The Kier molecular flexibility index (Phi) is 7.91. The molecule has 0 rings (SSSR count). The average molecular weight is 246 g/mol. The summed E-state index contributed by atoms with van der Waals surface area (Å²) in [5, 5.41) is 5.84. The molecule has 0 aliphatic carbocycles. The van der Waals surface area contributed by atoms with E-state index in [1.807, 2.05) is 34.6 Å². The van der Waals surface area contributed by atoms with E-state index in [9.17, 15) is 4.79 Å². The number of rotatable bonds is 7. The van der Waals surface area contributed by atoms with Crippen LogP contribution in [0, 0.1) is 0 Å². The van der Waals surface area contributed by atoms with Gasteiger partial charge in [0.15, 0.2) is 0 Å². The standard InChI is InChI=1S/C12H26N2O3/c1-10(2)16-9-8-13-6-7-14-11(15)17-12(3,4)5/h10,13H,6-9H2,1-5H3,(H,14,15). The molecule has 5 heteroatoms. The predicted molar refractivity (Wildman–Crippen MR) is 68.2 cm³/mol. The molecule has 0 aromatic heterocycles. The summed E-state index contributed by atoms with van der Waals surface area (Å²) in [6.45, 7) is 12.3. The van der Waals surface area contributed by atoms with E-state index in [4.69, 9.17) is 9.47 Å². The summed E-state index contributed by atoms with van der Waals surface area (Å²) in [5.41, 5.74) is -0.442. The number of hydrogen-bond acceptors (Lipinski definition) is 4. The molecule has 1 amide bonds. The first-order valence-corrected chi connectivity index (χ1v) is 6.10. The summed E-state index contributed by atoms with van der Waals surface area (Å²) in [5.74, 6) is 0. The van der Waals surface area contributed by atoms with Gasteiger partial charge in [0.25, 0.3) is 0 Å². The maximum atomic E-state index is 11.3. The maximum absolute atomic E-state index is 11.3. The Labute approximate surface area is 104 Å². The first-order chi connectivity index (χ1) is 7.81. The van der Waals surface area contributed by atoms with Crippen molar-refractivity contribution in [2.75, 3.05) is 26.2 Å². The highest BCUT2D eigenvalue weighted by atomic mass is 16.6. The van der Waals surface area contributed by atoms with Gasteiger partial charge < -0.3 is 20.1 Å².